The highest BCUT2D eigenvalue weighted by atomic mass is 32.2. The molecule has 1 heterocycles. The third-order valence-electron chi connectivity index (χ3n) is 2.48. The number of hydrogen-bond acceptors (Lipinski definition) is 3. The molecule has 1 atom stereocenters. The topological polar surface area (TPSA) is 72.2 Å². The summed E-state index contributed by atoms with van der Waals surface area (Å²) in [6.07, 6.45) is 0. The van der Waals surface area contributed by atoms with E-state index in [0.29, 0.717) is 11.6 Å². The summed E-state index contributed by atoms with van der Waals surface area (Å²) in [5.41, 5.74) is 1.69. The maximum absolute atomic E-state index is 11.2. The second kappa shape index (κ2) is 2.96. The summed E-state index contributed by atoms with van der Waals surface area (Å²) in [6, 6.07) is 5.18. The Balaban J connectivity index is 2.67. The monoisotopic (exact) mass is 212 g/mol. The molecule has 76 valence electrons. The summed E-state index contributed by atoms with van der Waals surface area (Å²) in [6.45, 7) is 2.81. The highest BCUT2D eigenvalue weighted by Gasteiger charge is 2.24. The lowest BCUT2D eigenvalue weighted by molar-refractivity contribution is 0.598. The van der Waals surface area contributed by atoms with Gasteiger partial charge in [0, 0.05) is 12.5 Å². The van der Waals surface area contributed by atoms with Gasteiger partial charge in [-0.2, -0.15) is 0 Å². The molecule has 0 radical (unpaired) electrons. The van der Waals surface area contributed by atoms with E-state index in [9.17, 15) is 8.42 Å². The summed E-state index contributed by atoms with van der Waals surface area (Å²) in [4.78, 5) is 0.194. The molecule has 1 aromatic rings. The van der Waals surface area contributed by atoms with Crippen LogP contribution in [0.5, 0.6) is 0 Å². The number of fused-ring (bicyclic) bond motifs is 1. The van der Waals surface area contributed by atoms with E-state index in [0.717, 1.165) is 12.1 Å². The normalized spacial score (nSPS) is 20.3. The molecular formula is C9H12N2O2S. The molecule has 0 spiro atoms. The van der Waals surface area contributed by atoms with Crippen LogP contribution >= 0.6 is 0 Å². The zero-order valence-corrected chi connectivity index (χ0v) is 8.64. The quantitative estimate of drug-likeness (QED) is 0.725. The summed E-state index contributed by atoms with van der Waals surface area (Å²) in [5.74, 6) is 0.340. The van der Waals surface area contributed by atoms with Gasteiger partial charge < -0.3 is 5.32 Å². The SMILES string of the molecule is CC1CNc2c1cccc2S(N)(=O)=O. The summed E-state index contributed by atoms with van der Waals surface area (Å²) in [5, 5.41) is 8.17. The Kier molecular flexibility index (Phi) is 2.01. The van der Waals surface area contributed by atoms with Gasteiger partial charge in [0.15, 0.2) is 0 Å². The number of anilines is 1. The van der Waals surface area contributed by atoms with Gasteiger partial charge in [0.2, 0.25) is 10.0 Å². The minimum Gasteiger partial charge on any atom is -0.383 e. The molecule has 2 rings (SSSR count). The Morgan fingerprint density at radius 2 is 2.21 bits per heavy atom. The Bertz CT molecular complexity index is 468. The van der Waals surface area contributed by atoms with Crippen molar-refractivity contribution in [2.75, 3.05) is 11.9 Å². The minimum atomic E-state index is -3.61. The highest BCUT2D eigenvalue weighted by molar-refractivity contribution is 7.89. The van der Waals surface area contributed by atoms with Crippen LogP contribution in [-0.4, -0.2) is 15.0 Å². The van der Waals surface area contributed by atoms with E-state index in [1.807, 2.05) is 13.0 Å². The zero-order chi connectivity index (χ0) is 10.3. The number of rotatable bonds is 1. The van der Waals surface area contributed by atoms with Crippen LogP contribution in [0.25, 0.3) is 0 Å². The number of hydrogen-bond donors (Lipinski definition) is 2. The second-order valence-corrected chi connectivity index (χ2v) is 5.08. The van der Waals surface area contributed by atoms with E-state index in [-0.39, 0.29) is 4.90 Å². The third-order valence-corrected chi connectivity index (χ3v) is 3.43. The first-order valence-corrected chi connectivity index (χ1v) is 5.94. The van der Waals surface area contributed by atoms with Gasteiger partial charge in [-0.1, -0.05) is 19.1 Å². The van der Waals surface area contributed by atoms with E-state index in [2.05, 4.69) is 5.32 Å². The van der Waals surface area contributed by atoms with Crippen LogP contribution in [0.1, 0.15) is 18.4 Å². The van der Waals surface area contributed by atoms with Crippen molar-refractivity contribution < 1.29 is 8.42 Å². The fraction of sp³-hybridized carbons (Fsp3) is 0.333. The Morgan fingerprint density at radius 1 is 1.50 bits per heavy atom. The molecule has 0 amide bonds. The molecule has 1 aliphatic rings. The number of benzene rings is 1. The lowest BCUT2D eigenvalue weighted by atomic mass is 10.0. The van der Waals surface area contributed by atoms with Crippen molar-refractivity contribution >= 4 is 15.7 Å². The number of nitrogens with one attached hydrogen (secondary N) is 1. The molecular weight excluding hydrogens is 200 g/mol. The zero-order valence-electron chi connectivity index (χ0n) is 7.82. The van der Waals surface area contributed by atoms with E-state index in [1.165, 1.54) is 6.07 Å². The van der Waals surface area contributed by atoms with Crippen LogP contribution in [0.2, 0.25) is 0 Å². The Morgan fingerprint density at radius 3 is 2.86 bits per heavy atom. The van der Waals surface area contributed by atoms with Crippen molar-refractivity contribution in [1.29, 1.82) is 0 Å². The lowest BCUT2D eigenvalue weighted by Gasteiger charge is -2.06. The average Bonchev–Trinajstić information content (AvgIpc) is 2.46. The number of para-hydroxylation sites is 1. The van der Waals surface area contributed by atoms with Gasteiger partial charge in [-0.15, -0.1) is 0 Å². The highest BCUT2D eigenvalue weighted by Crippen LogP contribution is 2.35. The van der Waals surface area contributed by atoms with Crippen LogP contribution in [0, 0.1) is 0 Å². The molecule has 1 unspecified atom stereocenters. The van der Waals surface area contributed by atoms with E-state index >= 15 is 0 Å². The van der Waals surface area contributed by atoms with Gasteiger partial charge in [-0.3, -0.25) is 0 Å². The van der Waals surface area contributed by atoms with Crippen molar-refractivity contribution in [2.24, 2.45) is 5.14 Å². The summed E-state index contributed by atoms with van der Waals surface area (Å²) in [7, 11) is -3.61. The Labute approximate surface area is 83.2 Å². The van der Waals surface area contributed by atoms with E-state index in [1.54, 1.807) is 6.07 Å². The largest absolute Gasteiger partial charge is 0.383 e. The predicted molar refractivity (Wildman–Crippen MR) is 54.7 cm³/mol. The Hall–Kier alpha value is -1.07. The molecule has 14 heavy (non-hydrogen) atoms. The van der Waals surface area contributed by atoms with Crippen LogP contribution in [-0.2, 0) is 10.0 Å². The third kappa shape index (κ3) is 1.38. The van der Waals surface area contributed by atoms with Crippen molar-refractivity contribution in [2.45, 2.75) is 17.7 Å². The molecule has 5 heteroatoms. The van der Waals surface area contributed by atoms with Crippen LogP contribution in [0.4, 0.5) is 5.69 Å². The molecule has 0 aromatic heterocycles. The van der Waals surface area contributed by atoms with Gasteiger partial charge in [-0.25, -0.2) is 13.6 Å². The van der Waals surface area contributed by atoms with Gasteiger partial charge in [0.05, 0.1) is 5.69 Å². The first-order valence-electron chi connectivity index (χ1n) is 4.40. The lowest BCUT2D eigenvalue weighted by Crippen LogP contribution is -2.13. The van der Waals surface area contributed by atoms with Crippen LogP contribution in [0.15, 0.2) is 23.1 Å². The molecule has 3 N–H and O–H groups in total. The maximum Gasteiger partial charge on any atom is 0.240 e. The molecule has 0 saturated heterocycles. The predicted octanol–water partition coefficient (Wildman–Crippen LogP) is 0.863. The standard InChI is InChI=1S/C9H12N2O2S/c1-6-5-11-9-7(6)3-2-4-8(9)14(10,12)13/h2-4,6,11H,5H2,1H3,(H2,10,12,13). The van der Waals surface area contributed by atoms with Gasteiger partial charge in [0.25, 0.3) is 0 Å². The fourth-order valence-corrected chi connectivity index (χ4v) is 2.49. The summed E-state index contributed by atoms with van der Waals surface area (Å²) < 4.78 is 22.5. The maximum atomic E-state index is 11.2. The van der Waals surface area contributed by atoms with Gasteiger partial charge in [-0.05, 0) is 11.6 Å². The van der Waals surface area contributed by atoms with E-state index < -0.39 is 10.0 Å². The van der Waals surface area contributed by atoms with Crippen LogP contribution < -0.4 is 10.5 Å². The molecule has 0 aliphatic carbocycles. The van der Waals surface area contributed by atoms with Crippen LogP contribution in [0.3, 0.4) is 0 Å². The number of nitrogens with two attached hydrogens (primary N) is 1. The molecule has 0 bridgehead atoms. The molecule has 0 saturated carbocycles. The first kappa shape index (κ1) is 9.48. The molecule has 0 fully saturated rings. The number of sulfonamides is 1. The van der Waals surface area contributed by atoms with Crippen molar-refractivity contribution in [1.82, 2.24) is 0 Å². The minimum absolute atomic E-state index is 0.194. The molecule has 4 nitrogen and oxygen atoms in total. The van der Waals surface area contributed by atoms with E-state index in [4.69, 9.17) is 5.14 Å². The molecule has 1 aromatic carbocycles. The van der Waals surface area contributed by atoms with Gasteiger partial charge in [0.1, 0.15) is 4.90 Å². The smallest absolute Gasteiger partial charge is 0.240 e. The number of primary sulfonamides is 1. The summed E-state index contributed by atoms with van der Waals surface area (Å²) >= 11 is 0. The van der Waals surface area contributed by atoms with Crippen molar-refractivity contribution in [3.63, 3.8) is 0 Å². The second-order valence-electron chi connectivity index (χ2n) is 3.55. The average molecular weight is 212 g/mol. The fourth-order valence-electron chi connectivity index (χ4n) is 1.75. The molecule has 1 aliphatic heterocycles. The van der Waals surface area contributed by atoms with Crippen molar-refractivity contribution in [3.8, 4) is 0 Å². The van der Waals surface area contributed by atoms with Crippen molar-refractivity contribution in [3.05, 3.63) is 23.8 Å². The van der Waals surface area contributed by atoms with Gasteiger partial charge >= 0.3 is 0 Å². The first-order chi connectivity index (χ1) is 6.50.